The summed E-state index contributed by atoms with van der Waals surface area (Å²) in [4.78, 5) is 6.93. The number of rotatable bonds is 3. The molecule has 110 valence electrons. The predicted molar refractivity (Wildman–Crippen MR) is 84.3 cm³/mol. The summed E-state index contributed by atoms with van der Waals surface area (Å²) in [5.74, 6) is 0.759. The molecule has 21 heavy (non-hydrogen) atoms. The molecule has 5 rings (SSSR count). The summed E-state index contributed by atoms with van der Waals surface area (Å²) < 4.78 is 0. The molecular weight excluding hydrogens is 280 g/mol. The number of aliphatic hydroxyl groups is 1. The maximum atomic E-state index is 11.7. The second-order valence-corrected chi connectivity index (χ2v) is 7.10. The minimum atomic E-state index is -0.978. The molecular formula is C17H20N2OS. The van der Waals surface area contributed by atoms with Gasteiger partial charge in [-0.25, -0.2) is 4.98 Å². The fraction of sp³-hybridized carbons (Fsp3) is 0.471. The molecule has 3 aliphatic heterocycles. The van der Waals surface area contributed by atoms with Crippen molar-refractivity contribution in [1.82, 2.24) is 9.88 Å². The van der Waals surface area contributed by atoms with Crippen LogP contribution in [0.5, 0.6) is 0 Å². The van der Waals surface area contributed by atoms with Crippen molar-refractivity contribution in [2.75, 3.05) is 13.1 Å². The highest BCUT2D eigenvalue weighted by atomic mass is 32.1. The van der Waals surface area contributed by atoms with Crippen molar-refractivity contribution in [3.63, 3.8) is 0 Å². The Labute approximate surface area is 129 Å². The molecule has 2 bridgehead atoms. The lowest BCUT2D eigenvalue weighted by Gasteiger charge is -2.51. The van der Waals surface area contributed by atoms with E-state index in [2.05, 4.69) is 9.88 Å². The average molecular weight is 300 g/mol. The third-order valence-electron chi connectivity index (χ3n) is 5.10. The highest BCUT2D eigenvalue weighted by Crippen LogP contribution is 2.44. The van der Waals surface area contributed by atoms with Gasteiger partial charge in [0.25, 0.3) is 0 Å². The van der Waals surface area contributed by atoms with Crippen LogP contribution < -0.4 is 0 Å². The Bertz CT molecular complexity index is 593. The van der Waals surface area contributed by atoms with Crippen LogP contribution in [0, 0.1) is 5.92 Å². The van der Waals surface area contributed by atoms with E-state index in [-0.39, 0.29) is 6.04 Å². The first-order chi connectivity index (χ1) is 10.3. The van der Waals surface area contributed by atoms with E-state index in [1.165, 1.54) is 12.8 Å². The molecule has 0 unspecified atom stereocenters. The number of piperidine rings is 3. The van der Waals surface area contributed by atoms with Gasteiger partial charge >= 0.3 is 0 Å². The zero-order valence-corrected chi connectivity index (χ0v) is 12.8. The molecule has 3 aliphatic rings. The third-order valence-corrected chi connectivity index (χ3v) is 6.00. The minimum Gasteiger partial charge on any atom is -0.376 e. The molecule has 2 atom stereocenters. The number of benzene rings is 1. The van der Waals surface area contributed by atoms with Crippen LogP contribution in [0.3, 0.4) is 0 Å². The van der Waals surface area contributed by atoms with Crippen molar-refractivity contribution < 1.29 is 5.11 Å². The molecule has 3 nitrogen and oxygen atoms in total. The molecule has 3 fully saturated rings. The predicted octanol–water partition coefficient (Wildman–Crippen LogP) is 2.86. The number of thiazole rings is 1. The van der Waals surface area contributed by atoms with Crippen LogP contribution in [0.25, 0.3) is 0 Å². The summed E-state index contributed by atoms with van der Waals surface area (Å²) in [5.41, 5.74) is -0.00775. The third kappa shape index (κ3) is 2.13. The zero-order valence-electron chi connectivity index (χ0n) is 12.0. The highest BCUT2D eigenvalue weighted by molar-refractivity contribution is 7.09. The lowest BCUT2D eigenvalue weighted by molar-refractivity contribution is -0.0746. The van der Waals surface area contributed by atoms with Crippen LogP contribution in [0.1, 0.15) is 29.8 Å². The Hall–Kier alpha value is -1.23. The fourth-order valence-electron chi connectivity index (χ4n) is 3.96. The Morgan fingerprint density at radius 1 is 1.19 bits per heavy atom. The largest absolute Gasteiger partial charge is 0.376 e. The van der Waals surface area contributed by atoms with Gasteiger partial charge in [-0.1, -0.05) is 30.3 Å². The van der Waals surface area contributed by atoms with Gasteiger partial charge in [-0.05, 0) is 43.8 Å². The lowest BCUT2D eigenvalue weighted by atomic mass is 9.74. The summed E-state index contributed by atoms with van der Waals surface area (Å²) in [6.45, 7) is 2.21. The topological polar surface area (TPSA) is 36.4 Å². The van der Waals surface area contributed by atoms with Gasteiger partial charge in [0.05, 0.1) is 0 Å². The van der Waals surface area contributed by atoms with E-state index in [1.54, 1.807) is 17.5 Å². The SMILES string of the molecule is O[C@@](c1ccccc1)(c1nccs1)[C@@H]1CC2CCN1CC2. The second-order valence-electron chi connectivity index (χ2n) is 6.20. The Morgan fingerprint density at radius 2 is 1.95 bits per heavy atom. The summed E-state index contributed by atoms with van der Waals surface area (Å²) in [6.07, 6.45) is 5.42. The van der Waals surface area contributed by atoms with Crippen LogP contribution in [0.15, 0.2) is 41.9 Å². The quantitative estimate of drug-likeness (QED) is 0.947. The standard InChI is InChI=1S/C17H20N2OS/c20-17(16-18-8-11-21-16,14-4-2-1-3-5-14)15-12-13-6-9-19(15)10-7-13/h1-5,8,11,13,15,20H,6-7,9-10,12H2/t15-,17+/m0/s1. The van der Waals surface area contributed by atoms with Crippen LogP contribution in [0.4, 0.5) is 0 Å². The second kappa shape index (κ2) is 5.20. The zero-order chi connectivity index (χ0) is 14.3. The average Bonchev–Trinajstić information content (AvgIpc) is 3.11. The fourth-order valence-corrected chi connectivity index (χ4v) is 4.77. The minimum absolute atomic E-state index is 0.151. The smallest absolute Gasteiger partial charge is 0.156 e. The van der Waals surface area contributed by atoms with Crippen LogP contribution >= 0.6 is 11.3 Å². The molecule has 4 heteroatoms. The summed E-state index contributed by atoms with van der Waals surface area (Å²) in [6, 6.07) is 10.2. The number of hydrogen-bond acceptors (Lipinski definition) is 4. The molecule has 1 aromatic carbocycles. The molecule has 0 spiro atoms. The molecule has 0 amide bonds. The van der Waals surface area contributed by atoms with Crippen molar-refractivity contribution >= 4 is 11.3 Å². The molecule has 0 radical (unpaired) electrons. The van der Waals surface area contributed by atoms with E-state index in [0.29, 0.717) is 0 Å². The maximum Gasteiger partial charge on any atom is 0.156 e. The van der Waals surface area contributed by atoms with Gasteiger partial charge in [0, 0.05) is 17.6 Å². The molecule has 1 aromatic heterocycles. The molecule has 2 aromatic rings. The first-order valence-corrected chi connectivity index (χ1v) is 8.58. The normalized spacial score (nSPS) is 31.0. The van der Waals surface area contributed by atoms with Gasteiger partial charge in [-0.2, -0.15) is 0 Å². The number of nitrogens with zero attached hydrogens (tertiary/aromatic N) is 2. The first-order valence-electron chi connectivity index (χ1n) is 7.70. The van der Waals surface area contributed by atoms with Crippen molar-refractivity contribution in [3.8, 4) is 0 Å². The van der Waals surface area contributed by atoms with E-state index in [0.717, 1.165) is 36.0 Å². The molecule has 1 N–H and O–H groups in total. The Balaban J connectivity index is 1.81. The molecule has 4 heterocycles. The Morgan fingerprint density at radius 3 is 2.52 bits per heavy atom. The summed E-state index contributed by atoms with van der Waals surface area (Å²) in [7, 11) is 0. The van der Waals surface area contributed by atoms with Crippen LogP contribution in [-0.4, -0.2) is 34.1 Å². The molecule has 0 saturated carbocycles. The number of aromatic nitrogens is 1. The Kier molecular flexibility index (Phi) is 3.32. The van der Waals surface area contributed by atoms with E-state index in [9.17, 15) is 5.11 Å². The maximum absolute atomic E-state index is 11.7. The number of fused-ring (bicyclic) bond motifs is 3. The lowest BCUT2D eigenvalue weighted by Crippen LogP contribution is -2.58. The van der Waals surface area contributed by atoms with E-state index >= 15 is 0 Å². The monoisotopic (exact) mass is 300 g/mol. The summed E-state index contributed by atoms with van der Waals surface area (Å²) >= 11 is 1.56. The molecule has 3 saturated heterocycles. The van der Waals surface area contributed by atoms with E-state index in [1.807, 2.05) is 35.7 Å². The van der Waals surface area contributed by atoms with Gasteiger partial charge in [0.2, 0.25) is 0 Å². The number of hydrogen-bond donors (Lipinski definition) is 1. The van der Waals surface area contributed by atoms with Gasteiger partial charge in [-0.15, -0.1) is 11.3 Å². The van der Waals surface area contributed by atoms with Crippen LogP contribution in [0.2, 0.25) is 0 Å². The first kappa shape index (κ1) is 13.4. The van der Waals surface area contributed by atoms with Gasteiger partial charge in [-0.3, -0.25) is 4.90 Å². The van der Waals surface area contributed by atoms with E-state index < -0.39 is 5.60 Å². The van der Waals surface area contributed by atoms with E-state index in [4.69, 9.17) is 0 Å². The van der Waals surface area contributed by atoms with Crippen molar-refractivity contribution in [3.05, 3.63) is 52.5 Å². The van der Waals surface area contributed by atoms with Crippen LogP contribution in [-0.2, 0) is 5.60 Å². The van der Waals surface area contributed by atoms with Gasteiger partial charge in [0.1, 0.15) is 5.01 Å². The van der Waals surface area contributed by atoms with Gasteiger partial charge in [0.15, 0.2) is 5.60 Å². The van der Waals surface area contributed by atoms with Crippen molar-refractivity contribution in [2.45, 2.75) is 30.9 Å². The summed E-state index contributed by atoms with van der Waals surface area (Å²) in [5, 5.41) is 14.5. The van der Waals surface area contributed by atoms with Crippen molar-refractivity contribution in [1.29, 1.82) is 0 Å². The van der Waals surface area contributed by atoms with Crippen molar-refractivity contribution in [2.24, 2.45) is 5.92 Å². The molecule has 0 aliphatic carbocycles. The highest BCUT2D eigenvalue weighted by Gasteiger charge is 2.49. The van der Waals surface area contributed by atoms with Gasteiger partial charge < -0.3 is 5.11 Å².